The Morgan fingerprint density at radius 1 is 1.25 bits per heavy atom. The third-order valence-corrected chi connectivity index (χ3v) is 2.16. The molecular weight excluding hydrogens is 174 g/mol. The highest BCUT2D eigenvalue weighted by Crippen LogP contribution is 2.10. The Labute approximate surface area is 76.2 Å². The van der Waals surface area contributed by atoms with Crippen LogP contribution in [0.5, 0.6) is 0 Å². The first-order chi connectivity index (χ1) is 5.86. The van der Waals surface area contributed by atoms with E-state index in [1.165, 1.54) is 0 Å². The van der Waals surface area contributed by atoms with Gasteiger partial charge in [-0.2, -0.15) is 0 Å². The Kier molecular flexibility index (Phi) is 2.23. The Morgan fingerprint density at radius 2 is 2.00 bits per heavy atom. The summed E-state index contributed by atoms with van der Waals surface area (Å²) in [6, 6.07) is 0. The fourth-order valence-electron chi connectivity index (χ4n) is 1.38. The monoisotopic (exact) mass is 183 g/mol. The summed E-state index contributed by atoms with van der Waals surface area (Å²) in [5.41, 5.74) is 2.14. The second-order valence-corrected chi connectivity index (χ2v) is 3.22. The molecular formula is C8H10ClN3. The standard InChI is InChI=1S/C8H10ClN3/c9-8-5-11-6-1-3-10-4-2-7(6)12-8/h5,10H,1-4H2. The molecule has 1 aliphatic rings. The molecule has 0 saturated heterocycles. The van der Waals surface area contributed by atoms with E-state index < -0.39 is 0 Å². The second kappa shape index (κ2) is 3.37. The number of halogens is 1. The molecule has 0 bridgehead atoms. The molecule has 0 fully saturated rings. The smallest absolute Gasteiger partial charge is 0.147 e. The maximum atomic E-state index is 5.74. The zero-order chi connectivity index (χ0) is 8.39. The minimum atomic E-state index is 0.496. The minimum Gasteiger partial charge on any atom is -0.316 e. The van der Waals surface area contributed by atoms with Crippen LogP contribution in [0.3, 0.4) is 0 Å². The van der Waals surface area contributed by atoms with Gasteiger partial charge in [0.1, 0.15) is 5.15 Å². The van der Waals surface area contributed by atoms with Crippen LogP contribution in [0.2, 0.25) is 5.15 Å². The van der Waals surface area contributed by atoms with Gasteiger partial charge in [-0.3, -0.25) is 4.98 Å². The van der Waals surface area contributed by atoms with Crippen molar-refractivity contribution in [3.05, 3.63) is 22.7 Å². The van der Waals surface area contributed by atoms with Crippen molar-refractivity contribution in [2.45, 2.75) is 12.8 Å². The first-order valence-electron chi connectivity index (χ1n) is 4.07. The summed E-state index contributed by atoms with van der Waals surface area (Å²) in [4.78, 5) is 8.48. The highest BCUT2D eigenvalue weighted by molar-refractivity contribution is 6.29. The first kappa shape index (κ1) is 7.95. The lowest BCUT2D eigenvalue weighted by Gasteiger charge is -2.01. The maximum absolute atomic E-state index is 5.74. The molecule has 0 unspecified atom stereocenters. The molecule has 1 aromatic heterocycles. The molecule has 0 amide bonds. The van der Waals surface area contributed by atoms with Gasteiger partial charge in [0.25, 0.3) is 0 Å². The molecule has 1 aromatic rings. The van der Waals surface area contributed by atoms with Gasteiger partial charge >= 0.3 is 0 Å². The summed E-state index contributed by atoms with van der Waals surface area (Å²) in [7, 11) is 0. The van der Waals surface area contributed by atoms with Gasteiger partial charge in [-0.25, -0.2) is 4.98 Å². The molecule has 12 heavy (non-hydrogen) atoms. The summed E-state index contributed by atoms with van der Waals surface area (Å²) in [5.74, 6) is 0. The molecule has 2 heterocycles. The van der Waals surface area contributed by atoms with Crippen molar-refractivity contribution < 1.29 is 0 Å². The van der Waals surface area contributed by atoms with Crippen LogP contribution in [0.1, 0.15) is 11.4 Å². The van der Waals surface area contributed by atoms with E-state index in [1.807, 2.05) is 0 Å². The van der Waals surface area contributed by atoms with Crippen molar-refractivity contribution in [1.82, 2.24) is 15.3 Å². The number of fused-ring (bicyclic) bond motifs is 1. The normalized spacial score (nSPS) is 16.8. The molecule has 3 nitrogen and oxygen atoms in total. The average molecular weight is 184 g/mol. The van der Waals surface area contributed by atoms with Crippen molar-refractivity contribution in [2.75, 3.05) is 13.1 Å². The van der Waals surface area contributed by atoms with Gasteiger partial charge < -0.3 is 5.32 Å². The third-order valence-electron chi connectivity index (χ3n) is 1.98. The summed E-state index contributed by atoms with van der Waals surface area (Å²) in [5, 5.41) is 3.79. The van der Waals surface area contributed by atoms with Crippen LogP contribution in [0.4, 0.5) is 0 Å². The fraction of sp³-hybridized carbons (Fsp3) is 0.500. The SMILES string of the molecule is Clc1cnc2c(n1)CCNCC2. The van der Waals surface area contributed by atoms with Gasteiger partial charge in [0.05, 0.1) is 17.6 Å². The van der Waals surface area contributed by atoms with Crippen LogP contribution >= 0.6 is 11.6 Å². The Balaban J connectivity index is 2.36. The molecule has 1 N–H and O–H groups in total. The Bertz CT molecular complexity index is 288. The van der Waals surface area contributed by atoms with Gasteiger partial charge in [-0.15, -0.1) is 0 Å². The van der Waals surface area contributed by atoms with Crippen LogP contribution < -0.4 is 5.32 Å². The van der Waals surface area contributed by atoms with Gasteiger partial charge in [0.15, 0.2) is 0 Å². The molecule has 0 atom stereocenters. The number of hydrogen-bond donors (Lipinski definition) is 1. The van der Waals surface area contributed by atoms with Gasteiger partial charge in [0, 0.05) is 25.9 Å². The molecule has 4 heteroatoms. The van der Waals surface area contributed by atoms with Crippen molar-refractivity contribution in [1.29, 1.82) is 0 Å². The highest BCUT2D eigenvalue weighted by Gasteiger charge is 2.09. The Morgan fingerprint density at radius 3 is 2.83 bits per heavy atom. The minimum absolute atomic E-state index is 0.496. The molecule has 0 aliphatic carbocycles. The van der Waals surface area contributed by atoms with E-state index in [9.17, 15) is 0 Å². The van der Waals surface area contributed by atoms with E-state index in [1.54, 1.807) is 6.20 Å². The summed E-state index contributed by atoms with van der Waals surface area (Å²) in [6.07, 6.45) is 3.51. The molecule has 0 radical (unpaired) electrons. The Hall–Kier alpha value is -0.670. The van der Waals surface area contributed by atoms with E-state index in [2.05, 4.69) is 15.3 Å². The molecule has 1 aliphatic heterocycles. The molecule has 0 saturated carbocycles. The summed E-state index contributed by atoms with van der Waals surface area (Å²) in [6.45, 7) is 1.96. The van der Waals surface area contributed by atoms with Gasteiger partial charge in [0.2, 0.25) is 0 Å². The first-order valence-corrected chi connectivity index (χ1v) is 4.45. The fourth-order valence-corrected chi connectivity index (χ4v) is 1.53. The van der Waals surface area contributed by atoms with E-state index in [0.717, 1.165) is 37.3 Å². The predicted octanol–water partition coefficient (Wildman–Crippen LogP) is 0.818. The van der Waals surface area contributed by atoms with E-state index in [4.69, 9.17) is 11.6 Å². The van der Waals surface area contributed by atoms with E-state index >= 15 is 0 Å². The summed E-state index contributed by atoms with van der Waals surface area (Å²) >= 11 is 5.74. The summed E-state index contributed by atoms with van der Waals surface area (Å²) < 4.78 is 0. The number of nitrogens with zero attached hydrogens (tertiary/aromatic N) is 2. The average Bonchev–Trinajstić information content (AvgIpc) is 2.28. The number of rotatable bonds is 0. The van der Waals surface area contributed by atoms with Crippen LogP contribution in [-0.2, 0) is 12.8 Å². The molecule has 2 rings (SSSR count). The van der Waals surface area contributed by atoms with Gasteiger partial charge in [-0.05, 0) is 0 Å². The van der Waals surface area contributed by atoms with Gasteiger partial charge in [-0.1, -0.05) is 11.6 Å². The predicted molar refractivity (Wildman–Crippen MR) is 47.3 cm³/mol. The zero-order valence-electron chi connectivity index (χ0n) is 6.68. The molecule has 64 valence electrons. The lowest BCUT2D eigenvalue weighted by atomic mass is 10.2. The topological polar surface area (TPSA) is 37.8 Å². The highest BCUT2D eigenvalue weighted by atomic mass is 35.5. The number of nitrogens with one attached hydrogen (secondary N) is 1. The number of aromatic nitrogens is 2. The van der Waals surface area contributed by atoms with E-state index in [-0.39, 0.29) is 0 Å². The second-order valence-electron chi connectivity index (χ2n) is 2.84. The van der Waals surface area contributed by atoms with E-state index in [0.29, 0.717) is 5.15 Å². The lowest BCUT2D eigenvalue weighted by molar-refractivity contribution is 0.706. The zero-order valence-corrected chi connectivity index (χ0v) is 7.43. The van der Waals surface area contributed by atoms with Crippen molar-refractivity contribution in [3.63, 3.8) is 0 Å². The lowest BCUT2D eigenvalue weighted by Crippen LogP contribution is -2.16. The van der Waals surface area contributed by atoms with Crippen molar-refractivity contribution >= 4 is 11.6 Å². The third kappa shape index (κ3) is 1.57. The quantitative estimate of drug-likeness (QED) is 0.647. The molecule has 0 aromatic carbocycles. The largest absolute Gasteiger partial charge is 0.316 e. The van der Waals surface area contributed by atoms with Crippen molar-refractivity contribution in [2.24, 2.45) is 0 Å². The van der Waals surface area contributed by atoms with Crippen molar-refractivity contribution in [3.8, 4) is 0 Å². The van der Waals surface area contributed by atoms with Crippen LogP contribution in [0.25, 0.3) is 0 Å². The molecule has 0 spiro atoms. The maximum Gasteiger partial charge on any atom is 0.147 e. The number of hydrogen-bond acceptors (Lipinski definition) is 3. The van der Waals surface area contributed by atoms with Crippen LogP contribution in [0.15, 0.2) is 6.20 Å². The van der Waals surface area contributed by atoms with Crippen LogP contribution in [0, 0.1) is 0 Å². The van der Waals surface area contributed by atoms with Crippen LogP contribution in [-0.4, -0.2) is 23.1 Å².